The second-order valence-electron chi connectivity index (χ2n) is 8.46. The van der Waals surface area contributed by atoms with Gasteiger partial charge in [-0.2, -0.15) is 5.10 Å². The summed E-state index contributed by atoms with van der Waals surface area (Å²) in [5.41, 5.74) is 1.05. The molecule has 0 radical (unpaired) electrons. The number of hydrogen-bond donors (Lipinski definition) is 2. The highest BCUT2D eigenvalue weighted by Crippen LogP contribution is 2.51. The normalized spacial score (nSPS) is 26.4. The van der Waals surface area contributed by atoms with E-state index in [0.29, 0.717) is 6.04 Å². The summed E-state index contributed by atoms with van der Waals surface area (Å²) in [5.74, 6) is 1.98. The molecule has 0 saturated carbocycles. The minimum Gasteiger partial charge on any atom is -0.396 e. The Labute approximate surface area is 188 Å². The van der Waals surface area contributed by atoms with Crippen LogP contribution in [0.5, 0.6) is 0 Å². The molecule has 0 amide bonds. The number of aliphatic hydroxyl groups excluding tert-OH is 1. The van der Waals surface area contributed by atoms with E-state index in [1.54, 1.807) is 6.20 Å². The molecule has 1 saturated heterocycles. The van der Waals surface area contributed by atoms with Crippen LogP contribution in [-0.2, 0) is 6.42 Å². The first kappa shape index (κ1) is 21.7. The van der Waals surface area contributed by atoms with E-state index in [1.165, 1.54) is 12.0 Å². The lowest BCUT2D eigenvalue weighted by Crippen LogP contribution is -2.54. The molecule has 0 aliphatic carbocycles. The van der Waals surface area contributed by atoms with E-state index in [4.69, 9.17) is 4.99 Å². The lowest BCUT2D eigenvalue weighted by atomic mass is 9.79. The zero-order valence-electron chi connectivity index (χ0n) is 17.7. The molecule has 1 N–H and O–H groups in total. The Kier molecular flexibility index (Phi) is 6.75. The zero-order valence-corrected chi connectivity index (χ0v) is 19.4. The average Bonchev–Trinajstić information content (AvgIpc) is 3.13. The Hall–Kier alpha value is -1.51. The van der Waals surface area contributed by atoms with Crippen LogP contribution in [0.1, 0.15) is 50.0 Å². The van der Waals surface area contributed by atoms with Gasteiger partial charge in [-0.25, -0.2) is 9.67 Å². The van der Waals surface area contributed by atoms with Gasteiger partial charge in [-0.05, 0) is 63.3 Å². The van der Waals surface area contributed by atoms with Crippen LogP contribution in [0.3, 0.4) is 0 Å². The number of amidine groups is 1. The van der Waals surface area contributed by atoms with Gasteiger partial charge in [0.15, 0.2) is 5.82 Å². The summed E-state index contributed by atoms with van der Waals surface area (Å²) in [4.78, 5) is 12.8. The molecule has 162 valence electrons. The number of rotatable bonds is 6. The molecule has 3 atom stereocenters. The van der Waals surface area contributed by atoms with Crippen LogP contribution < -0.4 is 0 Å². The Morgan fingerprint density at radius 2 is 2.20 bits per heavy atom. The summed E-state index contributed by atoms with van der Waals surface area (Å²) >= 11 is 6.45. The number of piperidine rings is 1. The quantitative estimate of drug-likeness (QED) is 0.647. The van der Waals surface area contributed by atoms with Gasteiger partial charge >= 0.3 is 0 Å². The van der Waals surface area contributed by atoms with Crippen molar-refractivity contribution in [2.75, 3.05) is 19.4 Å². The highest BCUT2D eigenvalue weighted by Gasteiger charge is 2.48. The maximum absolute atomic E-state index is 9.68. The van der Waals surface area contributed by atoms with Gasteiger partial charge < -0.3 is 10.0 Å². The number of aromatic nitrogens is 3. The summed E-state index contributed by atoms with van der Waals surface area (Å²) in [6.45, 7) is 3.53. The number of fused-ring (bicyclic) bond motifs is 1. The van der Waals surface area contributed by atoms with Gasteiger partial charge in [-0.15, -0.1) is 24.4 Å². The molecular formula is C22H31N5OS2. The molecule has 2 aromatic rings. The highest BCUT2D eigenvalue weighted by atomic mass is 32.2. The van der Waals surface area contributed by atoms with Crippen molar-refractivity contribution in [3.05, 3.63) is 36.3 Å². The van der Waals surface area contributed by atoms with Gasteiger partial charge in [0.25, 0.3) is 0 Å². The fourth-order valence-corrected chi connectivity index (χ4v) is 6.20. The van der Waals surface area contributed by atoms with E-state index in [0.717, 1.165) is 55.2 Å². The molecule has 2 aliphatic rings. The summed E-state index contributed by atoms with van der Waals surface area (Å²) in [6, 6.07) is 4.48. The Bertz CT molecular complexity index is 885. The van der Waals surface area contributed by atoms with Crippen molar-refractivity contribution in [1.82, 2.24) is 19.7 Å². The molecule has 0 aromatic carbocycles. The molecule has 30 heavy (non-hydrogen) atoms. The Balaban J connectivity index is 1.75. The molecule has 6 nitrogen and oxygen atoms in total. The first-order valence-electron chi connectivity index (χ1n) is 10.7. The van der Waals surface area contributed by atoms with Crippen LogP contribution in [0.4, 0.5) is 5.82 Å². The molecule has 1 fully saturated rings. The van der Waals surface area contributed by atoms with E-state index in [2.05, 4.69) is 46.9 Å². The molecule has 0 bridgehead atoms. The third-order valence-corrected chi connectivity index (χ3v) is 7.96. The number of thiol groups is 1. The number of aliphatic imine (C=N–C) groups is 1. The molecule has 2 unspecified atom stereocenters. The molecule has 4 heterocycles. The molecule has 2 aliphatic heterocycles. The first-order valence-corrected chi connectivity index (χ1v) is 12.5. The number of thioether (sulfide) groups is 1. The number of hydrogen-bond acceptors (Lipinski definition) is 7. The van der Waals surface area contributed by atoms with E-state index in [-0.39, 0.29) is 17.4 Å². The number of aliphatic hydroxyl groups is 1. The van der Waals surface area contributed by atoms with Gasteiger partial charge in [0, 0.05) is 31.6 Å². The SMILES string of the molecule is CSC1n2ncc(S)c2N=C(N2CCCC[C@H]2CCO)C1(C)CCc1cccnc1. The van der Waals surface area contributed by atoms with Crippen molar-refractivity contribution < 1.29 is 5.11 Å². The number of nitrogens with zero attached hydrogens (tertiary/aromatic N) is 5. The maximum atomic E-state index is 9.68. The van der Waals surface area contributed by atoms with Crippen molar-refractivity contribution in [2.24, 2.45) is 10.4 Å². The highest BCUT2D eigenvalue weighted by molar-refractivity contribution is 7.98. The van der Waals surface area contributed by atoms with Gasteiger partial charge in [0.2, 0.25) is 0 Å². The van der Waals surface area contributed by atoms with Crippen molar-refractivity contribution >= 4 is 36.0 Å². The summed E-state index contributed by atoms with van der Waals surface area (Å²) in [5, 5.41) is 14.4. The molecule has 2 aromatic heterocycles. The number of aryl methyl sites for hydroxylation is 1. The predicted octanol–water partition coefficient (Wildman–Crippen LogP) is 4.35. The van der Waals surface area contributed by atoms with Crippen LogP contribution in [0.15, 0.2) is 40.6 Å². The second kappa shape index (κ2) is 9.32. The largest absolute Gasteiger partial charge is 0.396 e. The lowest BCUT2D eigenvalue weighted by Gasteiger charge is -2.49. The predicted molar refractivity (Wildman–Crippen MR) is 126 cm³/mol. The first-order chi connectivity index (χ1) is 14.6. The maximum Gasteiger partial charge on any atom is 0.167 e. The molecular weight excluding hydrogens is 414 g/mol. The van der Waals surface area contributed by atoms with Crippen molar-refractivity contribution in [2.45, 2.75) is 61.8 Å². The van der Waals surface area contributed by atoms with E-state index < -0.39 is 0 Å². The molecule has 0 spiro atoms. The van der Waals surface area contributed by atoms with Gasteiger partial charge in [-0.1, -0.05) is 6.07 Å². The van der Waals surface area contributed by atoms with E-state index in [1.807, 2.05) is 34.9 Å². The third-order valence-electron chi connectivity index (χ3n) is 6.48. The lowest BCUT2D eigenvalue weighted by molar-refractivity contribution is 0.162. The summed E-state index contributed by atoms with van der Waals surface area (Å²) < 4.78 is 2.05. The summed E-state index contributed by atoms with van der Waals surface area (Å²) in [7, 11) is 0. The smallest absolute Gasteiger partial charge is 0.167 e. The average molecular weight is 446 g/mol. The topological polar surface area (TPSA) is 66.5 Å². The van der Waals surface area contributed by atoms with E-state index >= 15 is 0 Å². The van der Waals surface area contributed by atoms with Crippen LogP contribution in [0, 0.1) is 5.41 Å². The van der Waals surface area contributed by atoms with Crippen LogP contribution >= 0.6 is 24.4 Å². The van der Waals surface area contributed by atoms with Crippen LogP contribution in [0.2, 0.25) is 0 Å². The van der Waals surface area contributed by atoms with Gasteiger partial charge in [0.05, 0.1) is 16.5 Å². The number of likely N-dealkylation sites (tertiary alicyclic amines) is 1. The Morgan fingerprint density at radius 3 is 2.93 bits per heavy atom. The van der Waals surface area contributed by atoms with Crippen molar-refractivity contribution in [1.29, 1.82) is 0 Å². The Morgan fingerprint density at radius 1 is 1.33 bits per heavy atom. The third kappa shape index (κ3) is 4.01. The summed E-state index contributed by atoms with van der Waals surface area (Å²) in [6.07, 6.45) is 13.9. The minimum atomic E-state index is -0.195. The van der Waals surface area contributed by atoms with Gasteiger partial charge in [0.1, 0.15) is 11.2 Å². The second-order valence-corrected chi connectivity index (χ2v) is 9.86. The van der Waals surface area contributed by atoms with Crippen molar-refractivity contribution in [3.8, 4) is 0 Å². The van der Waals surface area contributed by atoms with Crippen LogP contribution in [0.25, 0.3) is 0 Å². The van der Waals surface area contributed by atoms with Crippen LogP contribution in [-0.4, -0.2) is 56.1 Å². The van der Waals surface area contributed by atoms with E-state index in [9.17, 15) is 5.11 Å². The monoisotopic (exact) mass is 445 g/mol. The zero-order chi connectivity index (χ0) is 21.1. The van der Waals surface area contributed by atoms with Gasteiger partial charge in [-0.3, -0.25) is 4.98 Å². The minimum absolute atomic E-state index is 0.134. The fourth-order valence-electron chi connectivity index (χ4n) is 4.90. The fraction of sp³-hybridized carbons (Fsp3) is 0.591. The van der Waals surface area contributed by atoms with Crippen molar-refractivity contribution in [3.63, 3.8) is 0 Å². The molecule has 8 heteroatoms. The molecule has 4 rings (SSSR count). The standard InChI is InChI=1S/C22H31N5OS2/c1-22(10-8-16-6-5-11-23-14-16)20(26-12-4-3-7-17(26)9-13-28)25-19-18(29)15-24-27(19)21(22)30-2/h5-6,11,14-15,17,21,28-29H,3-4,7-10,12-13H2,1-2H3/t17-,21?,22?/m0/s1. The number of pyridine rings is 1.